The van der Waals surface area contributed by atoms with Gasteiger partial charge in [-0.1, -0.05) is 38.8 Å². The first-order valence-electron chi connectivity index (χ1n) is 8.08. The lowest BCUT2D eigenvalue weighted by Gasteiger charge is -2.13. The lowest BCUT2D eigenvalue weighted by Crippen LogP contribution is -2.85. The molecule has 0 aliphatic carbocycles. The second-order valence-corrected chi connectivity index (χ2v) is 5.57. The number of nitrogens with two attached hydrogens (primary N) is 1. The number of H-pyrrole nitrogens is 1. The molecule has 0 fully saturated rings. The highest BCUT2D eigenvalue weighted by Crippen LogP contribution is 2.10. The molecule has 0 saturated carbocycles. The SMILES string of the molecule is CCCCCC[NH2+][C@@H](CC)c1nc2ccccc2c(=O)[nH]1. The number of benzene rings is 1. The Bertz CT molecular complexity index is 621. The van der Waals surface area contributed by atoms with E-state index in [4.69, 9.17) is 0 Å². The zero-order chi connectivity index (χ0) is 15.1. The lowest BCUT2D eigenvalue weighted by molar-refractivity contribution is -0.697. The number of unbranched alkanes of at least 4 members (excludes halogenated alkanes) is 3. The summed E-state index contributed by atoms with van der Waals surface area (Å²) in [7, 11) is 0. The van der Waals surface area contributed by atoms with Gasteiger partial charge in [0.15, 0.2) is 5.82 Å². The average Bonchev–Trinajstić information content (AvgIpc) is 2.51. The number of aromatic nitrogens is 2. The molecule has 21 heavy (non-hydrogen) atoms. The fourth-order valence-corrected chi connectivity index (χ4v) is 2.64. The van der Waals surface area contributed by atoms with E-state index in [-0.39, 0.29) is 11.6 Å². The van der Waals surface area contributed by atoms with E-state index in [1.807, 2.05) is 24.3 Å². The van der Waals surface area contributed by atoms with Crippen molar-refractivity contribution in [2.75, 3.05) is 6.54 Å². The smallest absolute Gasteiger partial charge is 0.258 e. The third-order valence-corrected chi connectivity index (χ3v) is 3.93. The molecule has 4 nitrogen and oxygen atoms in total. The van der Waals surface area contributed by atoms with Crippen LogP contribution in [-0.4, -0.2) is 16.5 Å². The number of para-hydroxylation sites is 1. The Labute approximate surface area is 126 Å². The molecule has 1 heterocycles. The summed E-state index contributed by atoms with van der Waals surface area (Å²) >= 11 is 0. The monoisotopic (exact) mass is 288 g/mol. The summed E-state index contributed by atoms with van der Waals surface area (Å²) in [5.74, 6) is 0.802. The summed E-state index contributed by atoms with van der Waals surface area (Å²) in [6.45, 7) is 5.46. The van der Waals surface area contributed by atoms with Crippen LogP contribution in [0.4, 0.5) is 0 Å². The van der Waals surface area contributed by atoms with E-state index in [1.165, 1.54) is 25.7 Å². The lowest BCUT2D eigenvalue weighted by atomic mass is 10.1. The highest BCUT2D eigenvalue weighted by atomic mass is 16.1. The fourth-order valence-electron chi connectivity index (χ4n) is 2.64. The van der Waals surface area contributed by atoms with Gasteiger partial charge in [0.25, 0.3) is 5.56 Å². The molecule has 0 saturated heterocycles. The Balaban J connectivity index is 2.09. The van der Waals surface area contributed by atoms with Crippen molar-refractivity contribution in [2.24, 2.45) is 0 Å². The van der Waals surface area contributed by atoms with Gasteiger partial charge in [0.05, 0.1) is 17.4 Å². The Morgan fingerprint density at radius 2 is 2.00 bits per heavy atom. The molecular formula is C17H26N3O+. The highest BCUT2D eigenvalue weighted by Gasteiger charge is 2.16. The van der Waals surface area contributed by atoms with Crippen molar-refractivity contribution < 1.29 is 5.32 Å². The molecule has 0 bridgehead atoms. The highest BCUT2D eigenvalue weighted by molar-refractivity contribution is 5.77. The topological polar surface area (TPSA) is 62.4 Å². The first kappa shape index (κ1) is 15.7. The number of quaternary nitrogens is 1. The van der Waals surface area contributed by atoms with Crippen LogP contribution in [0.2, 0.25) is 0 Å². The molecule has 4 heteroatoms. The van der Waals surface area contributed by atoms with Crippen LogP contribution in [0.25, 0.3) is 10.9 Å². The minimum atomic E-state index is -0.0339. The Morgan fingerprint density at radius 1 is 1.19 bits per heavy atom. The van der Waals surface area contributed by atoms with Crippen molar-refractivity contribution in [1.82, 2.24) is 9.97 Å². The zero-order valence-corrected chi connectivity index (χ0v) is 13.1. The molecule has 0 aliphatic rings. The van der Waals surface area contributed by atoms with Gasteiger partial charge < -0.3 is 10.3 Å². The van der Waals surface area contributed by atoms with E-state index < -0.39 is 0 Å². The van der Waals surface area contributed by atoms with Gasteiger partial charge in [0.1, 0.15) is 6.04 Å². The van der Waals surface area contributed by atoms with Crippen molar-refractivity contribution in [2.45, 2.75) is 52.0 Å². The number of rotatable bonds is 8. The van der Waals surface area contributed by atoms with Crippen molar-refractivity contribution in [3.63, 3.8) is 0 Å². The Morgan fingerprint density at radius 3 is 2.76 bits per heavy atom. The van der Waals surface area contributed by atoms with E-state index in [0.29, 0.717) is 5.39 Å². The number of nitrogens with one attached hydrogen (secondary N) is 1. The summed E-state index contributed by atoms with van der Waals surface area (Å²) < 4.78 is 0. The van der Waals surface area contributed by atoms with Crippen molar-refractivity contribution in [3.8, 4) is 0 Å². The predicted octanol–water partition coefficient (Wildman–Crippen LogP) is 2.52. The average molecular weight is 288 g/mol. The number of nitrogens with zero attached hydrogens (tertiary/aromatic N) is 1. The molecule has 1 aromatic heterocycles. The Hall–Kier alpha value is -1.68. The number of fused-ring (bicyclic) bond motifs is 1. The maximum absolute atomic E-state index is 12.1. The van der Waals surface area contributed by atoms with Crippen LogP contribution in [0.3, 0.4) is 0 Å². The standard InChI is InChI=1S/C17H25N3O/c1-3-5-6-9-12-18-14(4-2)16-19-15-11-8-7-10-13(15)17(21)20-16/h7-8,10-11,14,18H,3-6,9,12H2,1-2H3,(H,19,20,21)/p+1/t14-/m0/s1. The number of aromatic amines is 1. The fraction of sp³-hybridized carbons (Fsp3) is 0.529. The maximum atomic E-state index is 12.1. The summed E-state index contributed by atoms with van der Waals surface area (Å²) in [6.07, 6.45) is 6.04. The van der Waals surface area contributed by atoms with Crippen molar-refractivity contribution in [3.05, 3.63) is 40.4 Å². The van der Waals surface area contributed by atoms with Crippen LogP contribution in [-0.2, 0) is 0 Å². The van der Waals surface area contributed by atoms with Gasteiger partial charge in [-0.25, -0.2) is 4.98 Å². The summed E-state index contributed by atoms with van der Waals surface area (Å²) in [5.41, 5.74) is 0.752. The van der Waals surface area contributed by atoms with E-state index in [2.05, 4.69) is 29.1 Å². The predicted molar refractivity (Wildman–Crippen MR) is 86.3 cm³/mol. The molecular weight excluding hydrogens is 262 g/mol. The minimum absolute atomic E-state index is 0.0339. The molecule has 114 valence electrons. The van der Waals surface area contributed by atoms with Gasteiger partial charge in [-0.2, -0.15) is 0 Å². The molecule has 0 radical (unpaired) electrons. The van der Waals surface area contributed by atoms with Gasteiger partial charge >= 0.3 is 0 Å². The Kier molecular flexibility index (Phi) is 5.93. The summed E-state index contributed by atoms with van der Waals surface area (Å²) in [5, 5.41) is 2.97. The van der Waals surface area contributed by atoms with Crippen molar-refractivity contribution in [1.29, 1.82) is 0 Å². The van der Waals surface area contributed by atoms with Crippen LogP contribution >= 0.6 is 0 Å². The second-order valence-electron chi connectivity index (χ2n) is 5.57. The molecule has 2 rings (SSSR count). The molecule has 0 unspecified atom stereocenters. The zero-order valence-electron chi connectivity index (χ0n) is 13.1. The van der Waals surface area contributed by atoms with Gasteiger partial charge in [0, 0.05) is 6.42 Å². The van der Waals surface area contributed by atoms with Crippen LogP contribution < -0.4 is 10.9 Å². The van der Waals surface area contributed by atoms with Gasteiger partial charge in [-0.05, 0) is 25.0 Å². The number of hydrogen-bond donors (Lipinski definition) is 2. The summed E-state index contributed by atoms with van der Waals surface area (Å²) in [4.78, 5) is 19.7. The molecule has 2 aromatic rings. The van der Waals surface area contributed by atoms with Gasteiger partial charge in [0.2, 0.25) is 0 Å². The second kappa shape index (κ2) is 7.93. The summed E-state index contributed by atoms with van der Waals surface area (Å²) in [6, 6.07) is 7.76. The van der Waals surface area contributed by atoms with E-state index in [9.17, 15) is 4.79 Å². The van der Waals surface area contributed by atoms with Crippen LogP contribution in [0, 0.1) is 0 Å². The van der Waals surface area contributed by atoms with Crippen molar-refractivity contribution >= 4 is 10.9 Å². The van der Waals surface area contributed by atoms with Crippen LogP contribution in [0.5, 0.6) is 0 Å². The third kappa shape index (κ3) is 4.14. The molecule has 3 N–H and O–H groups in total. The van der Waals surface area contributed by atoms with Crippen LogP contribution in [0.1, 0.15) is 57.8 Å². The largest absolute Gasteiger partial charge is 0.338 e. The molecule has 0 amide bonds. The maximum Gasteiger partial charge on any atom is 0.258 e. The van der Waals surface area contributed by atoms with E-state index >= 15 is 0 Å². The minimum Gasteiger partial charge on any atom is -0.338 e. The van der Waals surface area contributed by atoms with E-state index in [0.717, 1.165) is 24.3 Å². The van der Waals surface area contributed by atoms with E-state index in [1.54, 1.807) is 0 Å². The molecule has 1 atom stereocenters. The molecule has 0 spiro atoms. The molecule has 0 aliphatic heterocycles. The first-order chi connectivity index (χ1) is 10.3. The quantitative estimate of drug-likeness (QED) is 0.733. The van der Waals surface area contributed by atoms with Gasteiger partial charge in [-0.3, -0.25) is 4.79 Å². The first-order valence-corrected chi connectivity index (χ1v) is 8.08. The van der Waals surface area contributed by atoms with Crippen LogP contribution in [0.15, 0.2) is 29.1 Å². The molecule has 1 aromatic carbocycles. The number of hydrogen-bond acceptors (Lipinski definition) is 2. The normalized spacial score (nSPS) is 12.7. The van der Waals surface area contributed by atoms with Gasteiger partial charge in [-0.15, -0.1) is 0 Å². The third-order valence-electron chi connectivity index (χ3n) is 3.93.